The van der Waals surface area contributed by atoms with Gasteiger partial charge >= 0.3 is 0 Å². The fraction of sp³-hybridized carbons (Fsp3) is 1.00. The van der Waals surface area contributed by atoms with Crippen LogP contribution in [0, 0.1) is 0 Å². The molecule has 0 unspecified atom stereocenters. The summed E-state index contributed by atoms with van der Waals surface area (Å²) < 4.78 is 0. The highest BCUT2D eigenvalue weighted by Crippen LogP contribution is 1.84. The summed E-state index contributed by atoms with van der Waals surface area (Å²) in [5, 5.41) is 25.5. The van der Waals surface area contributed by atoms with Crippen molar-refractivity contribution in [3.63, 3.8) is 0 Å². The van der Waals surface area contributed by atoms with Crippen molar-refractivity contribution >= 4 is 0 Å². The Labute approximate surface area is 65.4 Å². The zero-order valence-corrected chi connectivity index (χ0v) is 6.44. The van der Waals surface area contributed by atoms with E-state index in [1.807, 2.05) is 0 Å². The number of hydrogen-bond donors (Lipinski definition) is 3. The van der Waals surface area contributed by atoms with E-state index >= 15 is 0 Å². The number of aliphatic hydroxyl groups is 3. The molecule has 0 radical (unpaired) electrons. The van der Waals surface area contributed by atoms with Gasteiger partial charge in [-0.15, -0.1) is 0 Å². The molecule has 5 heteroatoms. The Hall–Kier alpha value is -0.230. The fourth-order valence-corrected chi connectivity index (χ4v) is 0.760. The highest BCUT2D eigenvalue weighted by molar-refractivity contribution is 4.54. The maximum atomic E-state index is 8.48. The molecule has 0 aromatic heterocycles. The summed E-state index contributed by atoms with van der Waals surface area (Å²) in [5.74, 6) is 0. The Balaban J connectivity index is 0. The zero-order valence-electron chi connectivity index (χ0n) is 6.44. The molecule has 70 valence electrons. The molecular formula is C6H16FNO3. The number of aliphatic hydroxyl groups excluding tert-OH is 3. The molecule has 4 nitrogen and oxygen atoms in total. The van der Waals surface area contributed by atoms with Crippen molar-refractivity contribution in [1.82, 2.24) is 4.90 Å². The normalized spacial score (nSPS) is 9.82. The van der Waals surface area contributed by atoms with Crippen LogP contribution < -0.4 is 0 Å². The van der Waals surface area contributed by atoms with Crippen LogP contribution in [0.1, 0.15) is 0 Å². The Kier molecular flexibility index (Phi) is 11.9. The highest BCUT2D eigenvalue weighted by Gasteiger charge is 2.00. The van der Waals surface area contributed by atoms with E-state index < -0.39 is 0 Å². The smallest absolute Gasteiger partial charge is 0.0558 e. The van der Waals surface area contributed by atoms with Gasteiger partial charge in [-0.1, -0.05) is 0 Å². The molecule has 0 fully saturated rings. The first-order chi connectivity index (χ1) is 4.85. The van der Waals surface area contributed by atoms with Crippen LogP contribution in [0.25, 0.3) is 0 Å². The standard InChI is InChI=1S/C6H15NO3.FH/c8-4-1-7(2-5-9)3-6-10;/h8-10H,1-6H2;1H. The van der Waals surface area contributed by atoms with Gasteiger partial charge in [0.05, 0.1) is 19.8 Å². The van der Waals surface area contributed by atoms with Crippen LogP contribution in [0.4, 0.5) is 4.70 Å². The number of hydrogen-bond acceptors (Lipinski definition) is 4. The van der Waals surface area contributed by atoms with E-state index in [1.165, 1.54) is 0 Å². The Morgan fingerprint density at radius 1 is 0.727 bits per heavy atom. The summed E-state index contributed by atoms with van der Waals surface area (Å²) in [4.78, 5) is 1.79. The summed E-state index contributed by atoms with van der Waals surface area (Å²) >= 11 is 0. The molecular weight excluding hydrogens is 153 g/mol. The summed E-state index contributed by atoms with van der Waals surface area (Å²) in [6, 6.07) is 0. The third-order valence-electron chi connectivity index (χ3n) is 1.25. The first kappa shape index (κ1) is 13.4. The topological polar surface area (TPSA) is 63.9 Å². The monoisotopic (exact) mass is 169 g/mol. The molecule has 0 spiro atoms. The Morgan fingerprint density at radius 2 is 1.00 bits per heavy atom. The molecule has 0 atom stereocenters. The van der Waals surface area contributed by atoms with E-state index in [4.69, 9.17) is 15.3 Å². The molecule has 0 saturated heterocycles. The van der Waals surface area contributed by atoms with Gasteiger partial charge in [0.1, 0.15) is 0 Å². The lowest BCUT2D eigenvalue weighted by Crippen LogP contribution is -2.32. The van der Waals surface area contributed by atoms with Gasteiger partial charge in [-0.05, 0) is 0 Å². The summed E-state index contributed by atoms with van der Waals surface area (Å²) in [5.41, 5.74) is 0. The molecule has 0 heterocycles. The summed E-state index contributed by atoms with van der Waals surface area (Å²) in [6.45, 7) is 1.75. The van der Waals surface area contributed by atoms with Gasteiger partial charge in [-0.3, -0.25) is 9.60 Å². The molecule has 0 amide bonds. The van der Waals surface area contributed by atoms with Crippen molar-refractivity contribution in [1.29, 1.82) is 0 Å². The van der Waals surface area contributed by atoms with Gasteiger partial charge in [0.2, 0.25) is 0 Å². The highest BCUT2D eigenvalue weighted by atomic mass is 19.0. The second kappa shape index (κ2) is 9.77. The Morgan fingerprint density at radius 3 is 1.18 bits per heavy atom. The van der Waals surface area contributed by atoms with Crippen LogP contribution in [-0.2, 0) is 0 Å². The quantitative estimate of drug-likeness (QED) is 0.449. The minimum Gasteiger partial charge on any atom is -0.395 e. The van der Waals surface area contributed by atoms with Gasteiger partial charge in [-0.2, -0.15) is 0 Å². The van der Waals surface area contributed by atoms with Crippen LogP contribution >= 0.6 is 0 Å². The molecule has 0 aromatic rings. The lowest BCUT2D eigenvalue weighted by Gasteiger charge is -2.17. The predicted molar refractivity (Wildman–Crippen MR) is 40.2 cm³/mol. The minimum absolute atomic E-state index is 0. The molecule has 3 N–H and O–H groups in total. The lowest BCUT2D eigenvalue weighted by atomic mass is 10.4. The van der Waals surface area contributed by atoms with E-state index in [-0.39, 0.29) is 24.5 Å². The molecule has 0 aliphatic rings. The minimum atomic E-state index is 0. The fourth-order valence-electron chi connectivity index (χ4n) is 0.760. The van der Waals surface area contributed by atoms with Crippen molar-refractivity contribution in [2.24, 2.45) is 0 Å². The Bertz CT molecular complexity index is 60.6. The number of rotatable bonds is 6. The van der Waals surface area contributed by atoms with Crippen LogP contribution in [0.3, 0.4) is 0 Å². The average molecular weight is 169 g/mol. The summed E-state index contributed by atoms with van der Waals surface area (Å²) in [6.07, 6.45) is 0. The zero-order chi connectivity index (χ0) is 7.82. The number of nitrogens with zero attached hydrogens (tertiary/aromatic N) is 1. The van der Waals surface area contributed by atoms with Crippen molar-refractivity contribution in [2.75, 3.05) is 39.5 Å². The maximum absolute atomic E-state index is 8.48. The van der Waals surface area contributed by atoms with E-state index in [1.54, 1.807) is 4.90 Å². The largest absolute Gasteiger partial charge is 0.395 e. The van der Waals surface area contributed by atoms with Gasteiger partial charge in [0.15, 0.2) is 0 Å². The predicted octanol–water partition coefficient (Wildman–Crippen LogP) is -1.58. The molecule has 0 saturated carbocycles. The van der Waals surface area contributed by atoms with Crippen LogP contribution in [0.5, 0.6) is 0 Å². The van der Waals surface area contributed by atoms with Crippen molar-refractivity contribution in [3.05, 3.63) is 0 Å². The van der Waals surface area contributed by atoms with E-state index in [2.05, 4.69) is 0 Å². The van der Waals surface area contributed by atoms with Gasteiger partial charge in [0.25, 0.3) is 0 Å². The van der Waals surface area contributed by atoms with E-state index in [0.717, 1.165) is 0 Å². The molecule has 0 aliphatic carbocycles. The van der Waals surface area contributed by atoms with Crippen molar-refractivity contribution in [2.45, 2.75) is 0 Å². The molecule has 0 aliphatic heterocycles. The molecule has 11 heavy (non-hydrogen) atoms. The van der Waals surface area contributed by atoms with E-state index in [0.29, 0.717) is 19.6 Å². The second-order valence-electron chi connectivity index (χ2n) is 2.01. The third kappa shape index (κ3) is 7.67. The van der Waals surface area contributed by atoms with Gasteiger partial charge < -0.3 is 15.3 Å². The molecule has 0 aromatic carbocycles. The SMILES string of the molecule is F.OCCN(CCO)CCO. The number of halogens is 1. The van der Waals surface area contributed by atoms with Gasteiger partial charge in [0, 0.05) is 19.6 Å². The maximum Gasteiger partial charge on any atom is 0.0558 e. The second-order valence-corrected chi connectivity index (χ2v) is 2.01. The van der Waals surface area contributed by atoms with Crippen molar-refractivity contribution < 1.29 is 20.0 Å². The van der Waals surface area contributed by atoms with Gasteiger partial charge in [-0.25, -0.2) is 0 Å². The van der Waals surface area contributed by atoms with Crippen LogP contribution in [0.15, 0.2) is 0 Å². The third-order valence-corrected chi connectivity index (χ3v) is 1.25. The lowest BCUT2D eigenvalue weighted by molar-refractivity contribution is 0.136. The van der Waals surface area contributed by atoms with Crippen LogP contribution in [-0.4, -0.2) is 59.7 Å². The van der Waals surface area contributed by atoms with E-state index in [9.17, 15) is 0 Å². The molecule has 0 bridgehead atoms. The average Bonchev–Trinajstić information content (AvgIpc) is 1.90. The first-order valence-electron chi connectivity index (χ1n) is 3.40. The van der Waals surface area contributed by atoms with Crippen LogP contribution in [0.2, 0.25) is 0 Å². The summed E-state index contributed by atoms with van der Waals surface area (Å²) in [7, 11) is 0. The first-order valence-corrected chi connectivity index (χ1v) is 3.40. The molecule has 0 rings (SSSR count). The van der Waals surface area contributed by atoms with Crippen molar-refractivity contribution in [3.8, 4) is 0 Å².